The Labute approximate surface area is 168 Å². The third kappa shape index (κ3) is 5.59. The number of ether oxygens (including phenoxy) is 2. The van der Waals surface area contributed by atoms with Crippen LogP contribution in [0.2, 0.25) is 0 Å². The lowest BCUT2D eigenvalue weighted by Crippen LogP contribution is -2.65. The standard InChI is InChI=1S/C22H22F3NO3/c1-3-14-29-20(27)21(22(23,24)25,15-17-10-6-4-7-11-17)26-19(16-28-2)18-12-8-5-9-13-18/h1,4-13,19,26H,14-16H2,2H3/t19-,21-/m0/s1. The van der Waals surface area contributed by atoms with E-state index in [0.717, 1.165) is 0 Å². The molecule has 0 radical (unpaired) electrons. The molecular formula is C22H22F3NO3. The van der Waals surface area contributed by atoms with Gasteiger partial charge in [-0.15, -0.1) is 6.42 Å². The topological polar surface area (TPSA) is 47.6 Å². The largest absolute Gasteiger partial charge is 0.451 e. The molecule has 4 nitrogen and oxygen atoms in total. The highest BCUT2D eigenvalue weighted by Gasteiger charge is 2.62. The number of rotatable bonds is 9. The van der Waals surface area contributed by atoms with E-state index in [0.29, 0.717) is 11.1 Å². The van der Waals surface area contributed by atoms with Crippen molar-refractivity contribution in [3.63, 3.8) is 0 Å². The van der Waals surface area contributed by atoms with E-state index in [9.17, 15) is 18.0 Å². The van der Waals surface area contributed by atoms with Crippen molar-refractivity contribution in [1.82, 2.24) is 5.32 Å². The SMILES string of the molecule is C#CCOC(=O)[C@](Cc1ccccc1)(N[C@@H](COC)c1ccccc1)C(F)(F)F. The van der Waals surface area contributed by atoms with Gasteiger partial charge in [0, 0.05) is 13.5 Å². The first-order chi connectivity index (χ1) is 13.8. The minimum atomic E-state index is -4.96. The first-order valence-corrected chi connectivity index (χ1v) is 8.87. The number of esters is 1. The summed E-state index contributed by atoms with van der Waals surface area (Å²) in [6.45, 7) is -0.646. The third-order valence-electron chi connectivity index (χ3n) is 4.39. The van der Waals surface area contributed by atoms with Crippen molar-refractivity contribution in [3.8, 4) is 12.3 Å². The van der Waals surface area contributed by atoms with Crippen LogP contribution in [-0.2, 0) is 20.7 Å². The summed E-state index contributed by atoms with van der Waals surface area (Å²) in [6.07, 6.45) is -0.549. The molecule has 29 heavy (non-hydrogen) atoms. The summed E-state index contributed by atoms with van der Waals surface area (Å²) in [5.74, 6) is 0.551. The molecule has 0 aliphatic heterocycles. The molecule has 154 valence electrons. The average molecular weight is 405 g/mol. The summed E-state index contributed by atoms with van der Waals surface area (Å²) in [6, 6.07) is 15.5. The summed E-state index contributed by atoms with van der Waals surface area (Å²) in [4.78, 5) is 12.7. The van der Waals surface area contributed by atoms with Crippen molar-refractivity contribution in [2.75, 3.05) is 20.3 Å². The molecule has 2 aromatic carbocycles. The summed E-state index contributed by atoms with van der Waals surface area (Å²) in [5, 5.41) is 2.49. The van der Waals surface area contributed by atoms with Gasteiger partial charge in [0.25, 0.3) is 0 Å². The number of hydrogen-bond acceptors (Lipinski definition) is 4. The minimum absolute atomic E-state index is 0.0843. The lowest BCUT2D eigenvalue weighted by Gasteiger charge is -2.37. The zero-order valence-electron chi connectivity index (χ0n) is 15.9. The lowest BCUT2D eigenvalue weighted by atomic mass is 9.88. The molecule has 2 rings (SSSR count). The van der Waals surface area contributed by atoms with Crippen LogP contribution in [0.15, 0.2) is 60.7 Å². The molecule has 7 heteroatoms. The Morgan fingerprint density at radius 2 is 1.69 bits per heavy atom. The fourth-order valence-corrected chi connectivity index (χ4v) is 2.98. The van der Waals surface area contributed by atoms with Gasteiger partial charge in [-0.1, -0.05) is 66.6 Å². The number of hydrogen-bond donors (Lipinski definition) is 1. The van der Waals surface area contributed by atoms with Crippen molar-refractivity contribution in [2.45, 2.75) is 24.2 Å². The van der Waals surface area contributed by atoms with Crippen LogP contribution in [0.3, 0.4) is 0 Å². The van der Waals surface area contributed by atoms with E-state index in [2.05, 4.69) is 5.32 Å². The molecule has 0 aliphatic rings. The number of nitrogens with one attached hydrogen (secondary N) is 1. The maximum absolute atomic E-state index is 14.4. The molecule has 0 amide bonds. The molecule has 0 unspecified atom stereocenters. The second-order valence-electron chi connectivity index (χ2n) is 6.41. The molecule has 2 atom stereocenters. The van der Waals surface area contributed by atoms with Crippen molar-refractivity contribution in [1.29, 1.82) is 0 Å². The number of alkyl halides is 3. The molecule has 0 bridgehead atoms. The van der Waals surface area contributed by atoms with Crippen LogP contribution >= 0.6 is 0 Å². The second kappa shape index (κ2) is 10.1. The van der Waals surface area contributed by atoms with E-state index in [-0.39, 0.29) is 6.61 Å². The van der Waals surface area contributed by atoms with Crippen LogP contribution in [0, 0.1) is 12.3 Å². The fraction of sp³-hybridized carbons (Fsp3) is 0.318. The third-order valence-corrected chi connectivity index (χ3v) is 4.39. The molecule has 0 spiro atoms. The molecular weight excluding hydrogens is 383 g/mol. The van der Waals surface area contributed by atoms with Crippen molar-refractivity contribution >= 4 is 5.97 Å². The van der Waals surface area contributed by atoms with Crippen LogP contribution in [0.4, 0.5) is 13.2 Å². The highest BCUT2D eigenvalue weighted by atomic mass is 19.4. The van der Waals surface area contributed by atoms with Gasteiger partial charge in [-0.2, -0.15) is 13.2 Å². The van der Waals surface area contributed by atoms with E-state index < -0.39 is 36.8 Å². The first kappa shape index (κ1) is 22.5. The van der Waals surface area contributed by atoms with E-state index in [4.69, 9.17) is 15.9 Å². The number of methoxy groups -OCH3 is 1. The van der Waals surface area contributed by atoms with Crippen molar-refractivity contribution in [3.05, 3.63) is 71.8 Å². The zero-order valence-corrected chi connectivity index (χ0v) is 15.9. The van der Waals surface area contributed by atoms with Gasteiger partial charge < -0.3 is 9.47 Å². The quantitative estimate of drug-likeness (QED) is 0.511. The number of terminal acetylenes is 1. The molecule has 0 saturated carbocycles. The summed E-state index contributed by atoms with van der Waals surface area (Å²) in [5.41, 5.74) is -2.15. The normalized spacial score (nSPS) is 14.4. The van der Waals surface area contributed by atoms with Gasteiger partial charge in [-0.3, -0.25) is 5.32 Å². The first-order valence-electron chi connectivity index (χ1n) is 8.87. The van der Waals surface area contributed by atoms with Gasteiger partial charge in [0.1, 0.15) is 0 Å². The predicted molar refractivity (Wildman–Crippen MR) is 103 cm³/mol. The van der Waals surface area contributed by atoms with E-state index >= 15 is 0 Å². The molecule has 1 N–H and O–H groups in total. The zero-order chi connectivity index (χ0) is 21.3. The Morgan fingerprint density at radius 3 is 2.21 bits per heavy atom. The Hall–Kier alpha value is -2.82. The van der Waals surface area contributed by atoms with Crippen LogP contribution in [0.25, 0.3) is 0 Å². The molecule has 2 aromatic rings. The number of benzene rings is 2. The molecule has 0 fully saturated rings. The monoisotopic (exact) mass is 405 g/mol. The van der Waals surface area contributed by atoms with E-state index in [1.807, 2.05) is 5.92 Å². The van der Waals surface area contributed by atoms with Gasteiger partial charge in [-0.05, 0) is 11.1 Å². The molecule has 0 saturated heterocycles. The smallest absolute Gasteiger partial charge is 0.417 e. The Kier molecular flexibility index (Phi) is 7.82. The van der Waals surface area contributed by atoms with E-state index in [1.54, 1.807) is 48.5 Å². The Balaban J connectivity index is 2.53. The van der Waals surface area contributed by atoms with Crippen LogP contribution < -0.4 is 5.32 Å². The van der Waals surface area contributed by atoms with Gasteiger partial charge in [0.05, 0.1) is 12.6 Å². The van der Waals surface area contributed by atoms with E-state index in [1.165, 1.54) is 19.2 Å². The van der Waals surface area contributed by atoms with Gasteiger partial charge in [0.15, 0.2) is 6.61 Å². The molecule has 0 heterocycles. The van der Waals surface area contributed by atoms with Crippen molar-refractivity contribution < 1.29 is 27.4 Å². The Morgan fingerprint density at radius 1 is 1.10 bits per heavy atom. The Bertz CT molecular complexity index is 819. The molecule has 0 aromatic heterocycles. The van der Waals surface area contributed by atoms with Crippen LogP contribution in [-0.4, -0.2) is 38.0 Å². The summed E-state index contributed by atoms with van der Waals surface area (Å²) in [7, 11) is 1.38. The highest BCUT2D eigenvalue weighted by molar-refractivity contribution is 5.83. The number of carbonyl (C=O) groups is 1. The second-order valence-corrected chi connectivity index (χ2v) is 6.41. The lowest BCUT2D eigenvalue weighted by molar-refractivity contribution is -0.215. The molecule has 0 aliphatic carbocycles. The summed E-state index contributed by atoms with van der Waals surface area (Å²) >= 11 is 0. The highest BCUT2D eigenvalue weighted by Crippen LogP contribution is 2.37. The predicted octanol–water partition coefficient (Wildman–Crippen LogP) is 3.68. The van der Waals surface area contributed by atoms with Gasteiger partial charge in [-0.25, -0.2) is 4.79 Å². The number of carbonyl (C=O) groups excluding carboxylic acids is 1. The maximum atomic E-state index is 14.4. The van der Waals surface area contributed by atoms with Gasteiger partial charge in [0.2, 0.25) is 5.54 Å². The maximum Gasteiger partial charge on any atom is 0.417 e. The van der Waals surface area contributed by atoms with Gasteiger partial charge >= 0.3 is 12.1 Å². The summed E-state index contributed by atoms with van der Waals surface area (Å²) < 4.78 is 53.1. The average Bonchev–Trinajstić information content (AvgIpc) is 2.71. The van der Waals surface area contributed by atoms with Crippen LogP contribution in [0.5, 0.6) is 0 Å². The van der Waals surface area contributed by atoms with Crippen molar-refractivity contribution in [2.24, 2.45) is 0 Å². The fourth-order valence-electron chi connectivity index (χ4n) is 2.98. The van der Waals surface area contributed by atoms with Crippen LogP contribution in [0.1, 0.15) is 17.2 Å². The number of halogens is 3. The minimum Gasteiger partial charge on any atom is -0.451 e.